The molecule has 1 unspecified atom stereocenters. The van der Waals surface area contributed by atoms with Gasteiger partial charge < -0.3 is 14.3 Å². The van der Waals surface area contributed by atoms with Crippen LogP contribution in [0.5, 0.6) is 5.75 Å². The Morgan fingerprint density at radius 1 is 1.16 bits per heavy atom. The Hall–Kier alpha value is -4.15. The van der Waals surface area contributed by atoms with E-state index in [-0.39, 0.29) is 16.5 Å². The van der Waals surface area contributed by atoms with Crippen molar-refractivity contribution in [3.8, 4) is 5.75 Å². The first-order chi connectivity index (χ1) is 18.5. The predicted molar refractivity (Wildman–Crippen MR) is 146 cm³/mol. The fourth-order valence-electron chi connectivity index (χ4n) is 4.02. The molecule has 4 aromatic rings. The van der Waals surface area contributed by atoms with Crippen LogP contribution in [0.2, 0.25) is 0 Å². The molecule has 38 heavy (non-hydrogen) atoms. The number of thioether (sulfide) groups is 1. The highest BCUT2D eigenvalue weighted by Crippen LogP contribution is 2.44. The van der Waals surface area contributed by atoms with Crippen molar-refractivity contribution in [2.75, 3.05) is 11.5 Å². The van der Waals surface area contributed by atoms with E-state index in [9.17, 15) is 14.7 Å². The molecule has 192 valence electrons. The number of hydrogen-bond acceptors (Lipinski definition) is 9. The minimum absolute atomic E-state index is 0.0333. The number of aromatic nitrogens is 2. The summed E-state index contributed by atoms with van der Waals surface area (Å²) in [5.74, 6) is -0.0945. The third-order valence-corrected chi connectivity index (χ3v) is 7.91. The predicted octanol–water partition coefficient (Wildman–Crippen LogP) is 6.08. The van der Waals surface area contributed by atoms with Gasteiger partial charge in [-0.1, -0.05) is 78.2 Å². The first-order valence-electron chi connectivity index (χ1n) is 11.7. The van der Waals surface area contributed by atoms with E-state index in [1.54, 1.807) is 43.3 Å². The molecule has 2 aromatic carbocycles. The van der Waals surface area contributed by atoms with Crippen molar-refractivity contribution in [2.45, 2.75) is 23.1 Å². The molecule has 8 nitrogen and oxygen atoms in total. The second-order valence-corrected chi connectivity index (χ2v) is 10.6. The number of ketones is 1. The number of nitrogens with zero attached hydrogens (tertiary/aromatic N) is 3. The fourth-order valence-corrected chi connectivity index (χ4v) is 5.84. The molecule has 0 radical (unpaired) electrons. The largest absolute Gasteiger partial charge is 0.503 e. The van der Waals surface area contributed by atoms with Crippen molar-refractivity contribution >= 4 is 39.9 Å². The Kier molecular flexibility index (Phi) is 7.43. The van der Waals surface area contributed by atoms with E-state index >= 15 is 0 Å². The zero-order chi connectivity index (χ0) is 26.6. The topological polar surface area (TPSA) is 106 Å². The van der Waals surface area contributed by atoms with Crippen LogP contribution in [0.1, 0.15) is 33.5 Å². The summed E-state index contributed by atoms with van der Waals surface area (Å²) >= 11 is 2.71. The van der Waals surface area contributed by atoms with Crippen LogP contribution < -0.4 is 9.64 Å². The molecule has 1 N–H and O–H groups in total. The van der Waals surface area contributed by atoms with E-state index in [2.05, 4.69) is 16.8 Å². The van der Waals surface area contributed by atoms with Gasteiger partial charge in [-0.25, -0.2) is 0 Å². The maximum Gasteiger partial charge on any atom is 0.296 e. The summed E-state index contributed by atoms with van der Waals surface area (Å²) < 4.78 is 11.8. The van der Waals surface area contributed by atoms with Crippen LogP contribution in [-0.2, 0) is 10.5 Å². The molecule has 1 aliphatic heterocycles. The molecule has 0 spiro atoms. The monoisotopic (exact) mass is 545 g/mol. The number of carbonyl (C=O) groups is 2. The van der Waals surface area contributed by atoms with Crippen molar-refractivity contribution in [3.05, 3.63) is 113 Å². The van der Waals surface area contributed by atoms with Gasteiger partial charge >= 0.3 is 0 Å². The number of aryl methyl sites for hydroxylation is 1. The molecule has 0 bridgehead atoms. The number of hydrogen-bond donors (Lipinski definition) is 1. The Bertz CT molecular complexity index is 1510. The Labute approximate surface area is 227 Å². The zero-order valence-electron chi connectivity index (χ0n) is 20.4. The lowest BCUT2D eigenvalue weighted by Crippen LogP contribution is -2.31. The Morgan fingerprint density at radius 2 is 1.92 bits per heavy atom. The van der Waals surface area contributed by atoms with Gasteiger partial charge in [0.25, 0.3) is 5.91 Å². The highest BCUT2D eigenvalue weighted by molar-refractivity contribution is 8.00. The van der Waals surface area contributed by atoms with Crippen molar-refractivity contribution in [2.24, 2.45) is 0 Å². The van der Waals surface area contributed by atoms with Crippen molar-refractivity contribution in [1.82, 2.24) is 10.2 Å². The van der Waals surface area contributed by atoms with Gasteiger partial charge in [-0.3, -0.25) is 14.5 Å². The first kappa shape index (κ1) is 25.5. The second kappa shape index (κ2) is 11.1. The van der Waals surface area contributed by atoms with E-state index in [4.69, 9.17) is 9.15 Å². The number of ether oxygens (including phenoxy) is 1. The average Bonchev–Trinajstić information content (AvgIpc) is 3.65. The summed E-state index contributed by atoms with van der Waals surface area (Å²) in [7, 11) is 0. The minimum Gasteiger partial charge on any atom is -0.503 e. The van der Waals surface area contributed by atoms with E-state index in [0.717, 1.165) is 5.56 Å². The summed E-state index contributed by atoms with van der Waals surface area (Å²) in [6.45, 7) is 5.70. The van der Waals surface area contributed by atoms with Gasteiger partial charge in [-0.05, 0) is 42.3 Å². The van der Waals surface area contributed by atoms with Gasteiger partial charge in [0.1, 0.15) is 18.1 Å². The number of amides is 1. The molecule has 0 saturated carbocycles. The van der Waals surface area contributed by atoms with Gasteiger partial charge in [-0.15, -0.1) is 10.2 Å². The lowest BCUT2D eigenvalue weighted by Gasteiger charge is -2.24. The van der Waals surface area contributed by atoms with Crippen molar-refractivity contribution in [1.29, 1.82) is 0 Å². The van der Waals surface area contributed by atoms with Crippen LogP contribution in [-0.4, -0.2) is 33.6 Å². The Morgan fingerprint density at radius 3 is 2.61 bits per heavy atom. The molecule has 2 aromatic heterocycles. The number of rotatable bonds is 10. The SMILES string of the molecule is C=CCOc1ccc(C2C(C(=O)c3ccc(C)o3)=C(O)C(=O)N2c2nnc(SCc3ccccc3)s2)cc1. The molecule has 3 heterocycles. The standard InChI is InChI=1S/C28H23N3O5S2/c1-3-15-35-20-12-10-19(11-13-20)23-22(24(32)21-14-9-17(2)36-21)25(33)26(34)31(23)27-29-30-28(38-27)37-16-18-7-5-4-6-8-18/h3-14,23,33H,1,15-16H2,2H3. The smallest absolute Gasteiger partial charge is 0.296 e. The molecule has 10 heteroatoms. The van der Waals surface area contributed by atoms with E-state index in [0.29, 0.717) is 33.8 Å². The van der Waals surface area contributed by atoms with Crippen LogP contribution in [0.4, 0.5) is 5.13 Å². The highest BCUT2D eigenvalue weighted by atomic mass is 32.2. The van der Waals surface area contributed by atoms with Crippen molar-refractivity contribution < 1.29 is 23.8 Å². The molecular weight excluding hydrogens is 522 g/mol. The third kappa shape index (κ3) is 5.13. The molecule has 5 rings (SSSR count). The quantitative estimate of drug-likeness (QED) is 0.111. The second-order valence-electron chi connectivity index (χ2n) is 8.37. The zero-order valence-corrected chi connectivity index (χ0v) is 22.0. The van der Waals surface area contributed by atoms with E-state index in [1.807, 2.05) is 30.3 Å². The molecule has 0 saturated heterocycles. The third-order valence-electron chi connectivity index (χ3n) is 5.79. The number of Topliss-reactive ketones (excluding diaryl/α,β-unsaturated/α-hetero) is 1. The average molecular weight is 546 g/mol. The number of aliphatic hydroxyl groups excluding tert-OH is 1. The van der Waals surface area contributed by atoms with Gasteiger partial charge in [0.2, 0.25) is 10.9 Å². The summed E-state index contributed by atoms with van der Waals surface area (Å²) in [5.41, 5.74) is 1.63. The number of aliphatic hydroxyl groups is 1. The van der Waals surface area contributed by atoms with Gasteiger partial charge in [0.05, 0.1) is 11.6 Å². The van der Waals surface area contributed by atoms with E-state index in [1.165, 1.54) is 34.1 Å². The summed E-state index contributed by atoms with van der Waals surface area (Å²) in [5, 5.41) is 19.7. The maximum atomic E-state index is 13.5. The van der Waals surface area contributed by atoms with Gasteiger partial charge in [0, 0.05) is 5.75 Å². The molecular formula is C28H23N3O5S2. The van der Waals surface area contributed by atoms with Crippen LogP contribution in [0.15, 0.2) is 99.5 Å². The number of carbonyl (C=O) groups excluding carboxylic acids is 2. The normalized spacial score (nSPS) is 15.2. The van der Waals surface area contributed by atoms with Gasteiger partial charge in [0.15, 0.2) is 15.9 Å². The number of furan rings is 1. The summed E-state index contributed by atoms with van der Waals surface area (Å²) in [6.07, 6.45) is 1.64. The lowest BCUT2D eigenvalue weighted by atomic mass is 9.95. The van der Waals surface area contributed by atoms with Crippen molar-refractivity contribution in [3.63, 3.8) is 0 Å². The summed E-state index contributed by atoms with van der Waals surface area (Å²) in [4.78, 5) is 28.2. The van der Waals surface area contributed by atoms with Gasteiger partial charge in [-0.2, -0.15) is 0 Å². The van der Waals surface area contributed by atoms with Crippen LogP contribution in [0.3, 0.4) is 0 Å². The molecule has 1 amide bonds. The number of anilines is 1. The summed E-state index contributed by atoms with van der Waals surface area (Å²) in [6, 6.07) is 19.1. The minimum atomic E-state index is -0.936. The molecule has 1 atom stereocenters. The molecule has 1 aliphatic rings. The first-order valence-corrected chi connectivity index (χ1v) is 13.5. The molecule has 0 fully saturated rings. The van der Waals surface area contributed by atoms with Crippen LogP contribution >= 0.6 is 23.1 Å². The maximum absolute atomic E-state index is 13.5. The van der Waals surface area contributed by atoms with Crippen LogP contribution in [0.25, 0.3) is 0 Å². The number of benzene rings is 2. The lowest BCUT2D eigenvalue weighted by molar-refractivity contribution is -0.117. The molecule has 0 aliphatic carbocycles. The van der Waals surface area contributed by atoms with E-state index < -0.39 is 23.5 Å². The fraction of sp³-hybridized carbons (Fsp3) is 0.143. The van der Waals surface area contributed by atoms with Crippen LogP contribution in [0, 0.1) is 6.92 Å². The highest BCUT2D eigenvalue weighted by Gasteiger charge is 2.46. The Balaban J connectivity index is 1.49.